The zero-order valence-electron chi connectivity index (χ0n) is 12.6. The summed E-state index contributed by atoms with van der Waals surface area (Å²) in [6.07, 6.45) is 2.53. The maximum atomic E-state index is 12.1. The number of hydrogen-bond acceptors (Lipinski definition) is 4. The number of rotatable bonds is 10. The van der Waals surface area contributed by atoms with Crippen molar-refractivity contribution in [3.8, 4) is 0 Å². The molecule has 120 valence electrons. The number of carboxylic acid groups (broad SMARTS) is 1. The van der Waals surface area contributed by atoms with Crippen molar-refractivity contribution in [2.45, 2.75) is 39.2 Å². The molecule has 7 heteroatoms. The highest BCUT2D eigenvalue weighted by Gasteiger charge is 2.25. The van der Waals surface area contributed by atoms with Gasteiger partial charge < -0.3 is 20.1 Å². The standard InChI is InChI=1S/C14H24N2O5/c1-10(14(19)20)16(7-6-15-11(2)17)13(18)5-8-21-9-12-3-4-12/h10,12H,3-9H2,1-2H3,(H,15,17)(H,19,20). The van der Waals surface area contributed by atoms with Crippen molar-refractivity contribution < 1.29 is 24.2 Å². The van der Waals surface area contributed by atoms with Gasteiger partial charge in [0.25, 0.3) is 0 Å². The molecule has 2 amide bonds. The summed E-state index contributed by atoms with van der Waals surface area (Å²) in [7, 11) is 0. The second kappa shape index (κ2) is 8.61. The summed E-state index contributed by atoms with van der Waals surface area (Å²) in [5.41, 5.74) is 0. The molecule has 0 radical (unpaired) electrons. The SMILES string of the molecule is CC(=O)NCCN(C(=O)CCOCC1CC1)C(C)C(=O)O. The number of carboxylic acids is 1. The Labute approximate surface area is 124 Å². The number of hydrogen-bond donors (Lipinski definition) is 2. The van der Waals surface area contributed by atoms with E-state index in [1.54, 1.807) is 0 Å². The van der Waals surface area contributed by atoms with Crippen molar-refractivity contribution in [2.75, 3.05) is 26.3 Å². The van der Waals surface area contributed by atoms with Gasteiger partial charge in [0.05, 0.1) is 13.0 Å². The molecule has 1 rings (SSSR count). The average molecular weight is 300 g/mol. The highest BCUT2D eigenvalue weighted by atomic mass is 16.5. The molecule has 1 saturated carbocycles. The number of aliphatic carboxylic acids is 1. The minimum atomic E-state index is -1.06. The molecule has 2 N–H and O–H groups in total. The lowest BCUT2D eigenvalue weighted by Gasteiger charge is -2.26. The topological polar surface area (TPSA) is 95.9 Å². The molecule has 1 atom stereocenters. The number of carbonyl (C=O) groups is 3. The fourth-order valence-corrected chi connectivity index (χ4v) is 1.86. The van der Waals surface area contributed by atoms with Gasteiger partial charge in [0, 0.05) is 26.6 Å². The summed E-state index contributed by atoms with van der Waals surface area (Å²) in [5, 5.41) is 11.6. The predicted octanol–water partition coefficient (Wildman–Crippen LogP) is 0.241. The van der Waals surface area contributed by atoms with Crippen LogP contribution >= 0.6 is 0 Å². The van der Waals surface area contributed by atoms with Gasteiger partial charge >= 0.3 is 5.97 Å². The van der Waals surface area contributed by atoms with Crippen LogP contribution in [0.25, 0.3) is 0 Å². The van der Waals surface area contributed by atoms with Crippen LogP contribution in [0.4, 0.5) is 0 Å². The second-order valence-corrected chi connectivity index (χ2v) is 5.35. The molecule has 0 saturated heterocycles. The molecule has 0 bridgehead atoms. The van der Waals surface area contributed by atoms with Crippen molar-refractivity contribution in [3.05, 3.63) is 0 Å². The fraction of sp³-hybridized carbons (Fsp3) is 0.786. The number of nitrogens with one attached hydrogen (secondary N) is 1. The van der Waals surface area contributed by atoms with Crippen molar-refractivity contribution in [2.24, 2.45) is 5.92 Å². The Bertz CT molecular complexity index is 382. The zero-order chi connectivity index (χ0) is 15.8. The summed E-state index contributed by atoms with van der Waals surface area (Å²) in [6, 6.07) is -0.922. The van der Waals surface area contributed by atoms with E-state index in [4.69, 9.17) is 9.84 Å². The van der Waals surface area contributed by atoms with Gasteiger partial charge in [-0.2, -0.15) is 0 Å². The van der Waals surface area contributed by atoms with Crippen LogP contribution in [-0.2, 0) is 19.1 Å². The van der Waals surface area contributed by atoms with E-state index in [0.29, 0.717) is 19.1 Å². The van der Waals surface area contributed by atoms with Gasteiger partial charge in [0.1, 0.15) is 6.04 Å². The van der Waals surface area contributed by atoms with Crippen LogP contribution in [0.5, 0.6) is 0 Å². The minimum absolute atomic E-state index is 0.157. The monoisotopic (exact) mass is 300 g/mol. The highest BCUT2D eigenvalue weighted by molar-refractivity contribution is 5.83. The first-order chi connectivity index (χ1) is 9.91. The number of nitrogens with zero attached hydrogens (tertiary/aromatic N) is 1. The van der Waals surface area contributed by atoms with E-state index in [-0.39, 0.29) is 31.3 Å². The van der Waals surface area contributed by atoms with E-state index >= 15 is 0 Å². The van der Waals surface area contributed by atoms with Gasteiger partial charge in [0.15, 0.2) is 0 Å². The van der Waals surface area contributed by atoms with Gasteiger partial charge in [-0.15, -0.1) is 0 Å². The largest absolute Gasteiger partial charge is 0.480 e. The van der Waals surface area contributed by atoms with Gasteiger partial charge in [-0.25, -0.2) is 4.79 Å². The molecule has 0 aromatic rings. The maximum absolute atomic E-state index is 12.1. The Morgan fingerprint density at radius 3 is 2.57 bits per heavy atom. The molecule has 1 aliphatic carbocycles. The first-order valence-corrected chi connectivity index (χ1v) is 7.26. The highest BCUT2D eigenvalue weighted by Crippen LogP contribution is 2.28. The first-order valence-electron chi connectivity index (χ1n) is 7.26. The van der Waals surface area contributed by atoms with E-state index in [9.17, 15) is 14.4 Å². The van der Waals surface area contributed by atoms with Crippen LogP contribution < -0.4 is 5.32 Å². The lowest BCUT2D eigenvalue weighted by Crippen LogP contribution is -2.47. The molecule has 7 nitrogen and oxygen atoms in total. The molecular formula is C14H24N2O5. The molecule has 0 aromatic heterocycles. The van der Waals surface area contributed by atoms with Crippen molar-refractivity contribution in [1.82, 2.24) is 10.2 Å². The van der Waals surface area contributed by atoms with Crippen LogP contribution in [0.15, 0.2) is 0 Å². The number of ether oxygens (including phenoxy) is 1. The van der Waals surface area contributed by atoms with Crippen molar-refractivity contribution in [1.29, 1.82) is 0 Å². The van der Waals surface area contributed by atoms with E-state index in [2.05, 4.69) is 5.32 Å². The van der Waals surface area contributed by atoms with Gasteiger partial charge in [-0.05, 0) is 25.7 Å². The summed E-state index contributed by atoms with van der Waals surface area (Å²) >= 11 is 0. The second-order valence-electron chi connectivity index (χ2n) is 5.35. The molecule has 0 spiro atoms. The Balaban J connectivity index is 2.37. The van der Waals surface area contributed by atoms with Crippen molar-refractivity contribution >= 4 is 17.8 Å². The third-order valence-electron chi connectivity index (χ3n) is 3.38. The number of carbonyl (C=O) groups excluding carboxylic acids is 2. The molecule has 1 unspecified atom stereocenters. The predicted molar refractivity (Wildman–Crippen MR) is 75.7 cm³/mol. The lowest BCUT2D eigenvalue weighted by atomic mass is 10.2. The van der Waals surface area contributed by atoms with Crippen molar-refractivity contribution in [3.63, 3.8) is 0 Å². The summed E-state index contributed by atoms with van der Waals surface area (Å²) in [6.45, 7) is 4.22. The van der Waals surface area contributed by atoms with Crippen LogP contribution in [0.1, 0.15) is 33.1 Å². The molecule has 0 heterocycles. The maximum Gasteiger partial charge on any atom is 0.326 e. The molecule has 0 aliphatic heterocycles. The average Bonchev–Trinajstić information content (AvgIpc) is 3.22. The summed E-state index contributed by atoms with van der Waals surface area (Å²) in [5.74, 6) is -0.914. The molecule has 1 fully saturated rings. The molecule has 1 aliphatic rings. The molecular weight excluding hydrogens is 276 g/mol. The molecule has 21 heavy (non-hydrogen) atoms. The third-order valence-corrected chi connectivity index (χ3v) is 3.38. The Morgan fingerprint density at radius 2 is 2.05 bits per heavy atom. The van der Waals surface area contributed by atoms with Crippen LogP contribution in [0.2, 0.25) is 0 Å². The van der Waals surface area contributed by atoms with Gasteiger partial charge in [0.2, 0.25) is 11.8 Å². The number of amides is 2. The minimum Gasteiger partial charge on any atom is -0.480 e. The smallest absolute Gasteiger partial charge is 0.326 e. The van der Waals surface area contributed by atoms with Crippen LogP contribution in [0.3, 0.4) is 0 Å². The Hall–Kier alpha value is -1.63. The summed E-state index contributed by atoms with van der Waals surface area (Å²) in [4.78, 5) is 35.2. The normalized spacial score (nSPS) is 15.3. The van der Waals surface area contributed by atoms with Gasteiger partial charge in [-0.1, -0.05) is 0 Å². The van der Waals surface area contributed by atoms with E-state index in [0.717, 1.165) is 0 Å². The lowest BCUT2D eigenvalue weighted by molar-refractivity contribution is -0.149. The van der Waals surface area contributed by atoms with Crippen LogP contribution in [-0.4, -0.2) is 60.1 Å². The van der Waals surface area contributed by atoms with Crippen LogP contribution in [0, 0.1) is 5.92 Å². The van der Waals surface area contributed by atoms with E-state index < -0.39 is 12.0 Å². The quantitative estimate of drug-likeness (QED) is 0.563. The zero-order valence-corrected chi connectivity index (χ0v) is 12.6. The molecule has 0 aromatic carbocycles. The Morgan fingerprint density at radius 1 is 1.38 bits per heavy atom. The fourth-order valence-electron chi connectivity index (χ4n) is 1.86. The van der Waals surface area contributed by atoms with Gasteiger partial charge in [-0.3, -0.25) is 9.59 Å². The van der Waals surface area contributed by atoms with E-state index in [1.807, 2.05) is 0 Å². The third kappa shape index (κ3) is 7.08. The summed E-state index contributed by atoms with van der Waals surface area (Å²) < 4.78 is 5.40. The van der Waals surface area contributed by atoms with E-state index in [1.165, 1.54) is 31.6 Å². The first kappa shape index (κ1) is 17.4. The Kier molecular flexibility index (Phi) is 7.14.